The molecule has 4 heteroatoms. The quantitative estimate of drug-likeness (QED) is 0.749. The van der Waals surface area contributed by atoms with Crippen molar-refractivity contribution >= 4 is 11.3 Å². The number of nitrogens with one attached hydrogen (secondary N) is 1. The summed E-state index contributed by atoms with van der Waals surface area (Å²) in [6, 6.07) is 2.26. The van der Waals surface area contributed by atoms with Crippen molar-refractivity contribution in [3.8, 4) is 11.3 Å². The van der Waals surface area contributed by atoms with Crippen LogP contribution in [0.1, 0.15) is 16.4 Å². The second kappa shape index (κ2) is 3.18. The number of nitrogens with zero attached hydrogens (tertiary/aromatic N) is 2. The van der Waals surface area contributed by atoms with Gasteiger partial charge in [0.15, 0.2) is 0 Å². The first kappa shape index (κ1) is 8.96. The zero-order valence-corrected chi connectivity index (χ0v) is 9.81. The molecule has 1 aliphatic carbocycles. The topological polar surface area (TPSA) is 29.9 Å². The molecule has 2 aliphatic rings. The van der Waals surface area contributed by atoms with Crippen LogP contribution in [0.2, 0.25) is 0 Å². The maximum Gasteiger partial charge on any atom is 0.123 e. The van der Waals surface area contributed by atoms with Gasteiger partial charge in [-0.05, 0) is 24.3 Å². The van der Waals surface area contributed by atoms with Gasteiger partial charge < -0.3 is 9.88 Å². The number of hydrogen-bond donors (Lipinski definition) is 1. The maximum atomic E-state index is 4.77. The molecule has 2 aromatic heterocycles. The van der Waals surface area contributed by atoms with Crippen LogP contribution < -0.4 is 5.32 Å². The predicted molar refractivity (Wildman–Crippen MR) is 64.7 cm³/mol. The van der Waals surface area contributed by atoms with Crippen molar-refractivity contribution in [3.05, 3.63) is 27.8 Å². The first-order valence-corrected chi connectivity index (χ1v) is 6.67. The molecule has 16 heavy (non-hydrogen) atoms. The van der Waals surface area contributed by atoms with Crippen LogP contribution in [-0.2, 0) is 25.9 Å². The third-order valence-corrected chi connectivity index (χ3v) is 4.48. The number of thiophene rings is 1. The van der Waals surface area contributed by atoms with Crippen LogP contribution in [0.5, 0.6) is 0 Å². The summed E-state index contributed by atoms with van der Waals surface area (Å²) < 4.78 is 2.41. The van der Waals surface area contributed by atoms with Crippen LogP contribution in [0.3, 0.4) is 0 Å². The van der Waals surface area contributed by atoms with Crippen molar-refractivity contribution in [2.45, 2.75) is 25.9 Å². The number of aryl methyl sites for hydroxylation is 2. The van der Waals surface area contributed by atoms with E-state index in [4.69, 9.17) is 4.98 Å². The van der Waals surface area contributed by atoms with E-state index in [0.717, 1.165) is 26.1 Å². The van der Waals surface area contributed by atoms with Crippen molar-refractivity contribution in [2.24, 2.45) is 0 Å². The summed E-state index contributed by atoms with van der Waals surface area (Å²) in [7, 11) is 0. The molecule has 0 saturated carbocycles. The highest BCUT2D eigenvalue weighted by atomic mass is 32.1. The van der Waals surface area contributed by atoms with Crippen LogP contribution in [0.4, 0.5) is 0 Å². The molecular formula is C12H13N3S. The fourth-order valence-electron chi connectivity index (χ4n) is 2.77. The van der Waals surface area contributed by atoms with Gasteiger partial charge >= 0.3 is 0 Å². The van der Waals surface area contributed by atoms with Crippen molar-refractivity contribution in [1.82, 2.24) is 14.9 Å². The average Bonchev–Trinajstić information content (AvgIpc) is 2.91. The Kier molecular flexibility index (Phi) is 1.78. The Hall–Kier alpha value is -1.13. The second-order valence-electron chi connectivity index (χ2n) is 4.41. The van der Waals surface area contributed by atoms with Gasteiger partial charge in [0, 0.05) is 23.5 Å². The van der Waals surface area contributed by atoms with Crippen LogP contribution in [0, 0.1) is 0 Å². The van der Waals surface area contributed by atoms with Crippen molar-refractivity contribution in [3.63, 3.8) is 0 Å². The van der Waals surface area contributed by atoms with Gasteiger partial charge in [0.1, 0.15) is 5.82 Å². The lowest BCUT2D eigenvalue weighted by molar-refractivity contribution is 0.508. The zero-order chi connectivity index (χ0) is 10.5. The highest BCUT2D eigenvalue weighted by molar-refractivity contribution is 7.10. The summed E-state index contributed by atoms with van der Waals surface area (Å²) in [5, 5.41) is 5.60. The fraction of sp³-hybridized carbons (Fsp3) is 0.417. The lowest BCUT2D eigenvalue weighted by Gasteiger charge is -2.19. The molecule has 3 heterocycles. The number of fused-ring (bicyclic) bond motifs is 5. The van der Waals surface area contributed by atoms with E-state index in [9.17, 15) is 0 Å². The zero-order valence-electron chi connectivity index (χ0n) is 8.99. The van der Waals surface area contributed by atoms with Gasteiger partial charge in [-0.3, -0.25) is 0 Å². The summed E-state index contributed by atoms with van der Waals surface area (Å²) in [5.74, 6) is 1.22. The Balaban J connectivity index is 1.99. The Labute approximate surface area is 98.1 Å². The molecule has 82 valence electrons. The Bertz CT molecular complexity index is 553. The molecule has 0 spiro atoms. The van der Waals surface area contributed by atoms with Gasteiger partial charge in [0.25, 0.3) is 0 Å². The summed E-state index contributed by atoms with van der Waals surface area (Å²) in [6.45, 7) is 3.05. The van der Waals surface area contributed by atoms with Crippen LogP contribution >= 0.6 is 11.3 Å². The van der Waals surface area contributed by atoms with Gasteiger partial charge in [-0.15, -0.1) is 11.3 Å². The van der Waals surface area contributed by atoms with Gasteiger partial charge in [-0.2, -0.15) is 0 Å². The first-order valence-electron chi connectivity index (χ1n) is 5.79. The molecule has 0 unspecified atom stereocenters. The molecule has 0 bridgehead atoms. The molecule has 0 aromatic carbocycles. The average molecular weight is 231 g/mol. The molecule has 0 saturated heterocycles. The maximum absolute atomic E-state index is 4.77. The van der Waals surface area contributed by atoms with Crippen LogP contribution in [-0.4, -0.2) is 16.1 Å². The van der Waals surface area contributed by atoms with E-state index in [1.807, 2.05) is 11.3 Å². The third kappa shape index (κ3) is 1.09. The number of imidazole rings is 1. The first-order chi connectivity index (χ1) is 7.93. The molecular weight excluding hydrogens is 218 g/mol. The van der Waals surface area contributed by atoms with Gasteiger partial charge in [0.2, 0.25) is 0 Å². The van der Waals surface area contributed by atoms with E-state index in [-0.39, 0.29) is 0 Å². The minimum Gasteiger partial charge on any atom is -0.325 e. The standard InChI is InChI=1S/C12H13N3S/c1-2-10-8(3-6-16-10)12-9(1)14-11-7-13-4-5-15(11)12/h3,6,13H,1-2,4-5,7H2. The van der Waals surface area contributed by atoms with E-state index < -0.39 is 0 Å². The molecule has 1 aliphatic heterocycles. The smallest absolute Gasteiger partial charge is 0.123 e. The number of aromatic nitrogens is 2. The summed E-state index contributed by atoms with van der Waals surface area (Å²) in [4.78, 5) is 6.31. The van der Waals surface area contributed by atoms with Crippen LogP contribution in [0.25, 0.3) is 11.3 Å². The van der Waals surface area contributed by atoms with E-state index in [1.165, 1.54) is 34.1 Å². The van der Waals surface area contributed by atoms with E-state index in [2.05, 4.69) is 21.3 Å². The van der Waals surface area contributed by atoms with Gasteiger partial charge in [0.05, 0.1) is 17.9 Å². The van der Waals surface area contributed by atoms with Crippen molar-refractivity contribution < 1.29 is 0 Å². The minimum atomic E-state index is 0.923. The molecule has 0 atom stereocenters. The fourth-order valence-corrected chi connectivity index (χ4v) is 3.65. The van der Waals surface area contributed by atoms with Crippen LogP contribution in [0.15, 0.2) is 11.4 Å². The highest BCUT2D eigenvalue weighted by Crippen LogP contribution is 2.37. The highest BCUT2D eigenvalue weighted by Gasteiger charge is 2.25. The lowest BCUT2D eigenvalue weighted by atomic mass is 10.00. The molecule has 0 radical (unpaired) electrons. The third-order valence-electron chi connectivity index (χ3n) is 3.50. The van der Waals surface area contributed by atoms with E-state index >= 15 is 0 Å². The minimum absolute atomic E-state index is 0.923. The van der Waals surface area contributed by atoms with E-state index in [0.29, 0.717) is 0 Å². The summed E-state index contributed by atoms with van der Waals surface area (Å²) >= 11 is 1.89. The largest absolute Gasteiger partial charge is 0.325 e. The monoisotopic (exact) mass is 231 g/mol. The SMILES string of the molecule is c1cc2c(s1)CCc1nc3n(c1-2)CCNC3. The summed E-state index contributed by atoms with van der Waals surface area (Å²) in [5.41, 5.74) is 4.15. The Morgan fingerprint density at radius 2 is 2.38 bits per heavy atom. The summed E-state index contributed by atoms with van der Waals surface area (Å²) in [6.07, 6.45) is 2.28. The van der Waals surface area contributed by atoms with Crippen molar-refractivity contribution in [1.29, 1.82) is 0 Å². The number of hydrogen-bond acceptors (Lipinski definition) is 3. The van der Waals surface area contributed by atoms with Gasteiger partial charge in [-0.1, -0.05) is 0 Å². The Morgan fingerprint density at radius 3 is 3.38 bits per heavy atom. The predicted octanol–water partition coefficient (Wildman–Crippen LogP) is 1.81. The van der Waals surface area contributed by atoms with Gasteiger partial charge in [-0.25, -0.2) is 4.98 Å². The Morgan fingerprint density at radius 1 is 1.38 bits per heavy atom. The molecule has 0 fully saturated rings. The second-order valence-corrected chi connectivity index (χ2v) is 5.41. The molecule has 0 amide bonds. The molecule has 2 aromatic rings. The molecule has 1 N–H and O–H groups in total. The van der Waals surface area contributed by atoms with Crippen molar-refractivity contribution in [2.75, 3.05) is 6.54 Å². The number of rotatable bonds is 0. The molecule has 4 rings (SSSR count). The van der Waals surface area contributed by atoms with E-state index in [1.54, 1.807) is 0 Å². The molecule has 3 nitrogen and oxygen atoms in total. The normalized spacial score (nSPS) is 17.8. The lowest BCUT2D eigenvalue weighted by Crippen LogP contribution is -2.28.